The van der Waals surface area contributed by atoms with Gasteiger partial charge in [-0.05, 0) is 13.0 Å². The van der Waals surface area contributed by atoms with E-state index in [-0.39, 0.29) is 30.6 Å². The first kappa shape index (κ1) is 19.4. The Bertz CT molecular complexity index is 415. The van der Waals surface area contributed by atoms with E-state index >= 15 is 0 Å². The Balaban J connectivity index is 0.00000180. The zero-order chi connectivity index (χ0) is 13.1. The second kappa shape index (κ2) is 8.62. The molecule has 0 bridgehead atoms. The number of aromatic hydroxyl groups is 1. The predicted molar refractivity (Wildman–Crippen MR) is 80.5 cm³/mol. The highest BCUT2D eigenvalue weighted by Gasteiger charge is 2.31. The van der Waals surface area contributed by atoms with Gasteiger partial charge in [0, 0.05) is 31.7 Å². The van der Waals surface area contributed by atoms with Gasteiger partial charge in [0.2, 0.25) is 0 Å². The van der Waals surface area contributed by atoms with E-state index in [9.17, 15) is 13.9 Å². The van der Waals surface area contributed by atoms with E-state index < -0.39 is 12.5 Å². The number of nitrogens with one attached hydrogen (secondary N) is 1. The molecule has 7 heteroatoms. The van der Waals surface area contributed by atoms with Crippen molar-refractivity contribution in [2.45, 2.75) is 19.4 Å². The minimum atomic E-state index is -2.50. The molecule has 0 spiro atoms. The fourth-order valence-electron chi connectivity index (χ4n) is 2.36. The first-order valence-electron chi connectivity index (χ1n) is 6.12. The van der Waals surface area contributed by atoms with E-state index in [1.807, 2.05) is 6.92 Å². The number of hydrogen-bond acceptors (Lipinski definition) is 3. The molecule has 0 unspecified atom stereocenters. The van der Waals surface area contributed by atoms with E-state index in [1.54, 1.807) is 17.0 Å². The molecule has 2 rings (SSSR count). The zero-order valence-electron chi connectivity index (χ0n) is 11.2. The molecule has 116 valence electrons. The van der Waals surface area contributed by atoms with E-state index in [1.165, 1.54) is 6.07 Å². The number of phenolic OH excluding ortho intramolecular Hbond substituents is 1. The van der Waals surface area contributed by atoms with Crippen LogP contribution in [0, 0.1) is 6.92 Å². The standard InChI is InChI=1S/C13H18F2N2O.2ClH/c1-9-2-3-11(18)10(8-9)12(13(14)15)17-6-4-16-5-7-17;;/h2-3,8,12-13,16,18H,4-7H2,1H3;2*1H/t12-;;/m0../s1. The smallest absolute Gasteiger partial charge is 0.258 e. The van der Waals surface area contributed by atoms with Crippen LogP contribution in [-0.2, 0) is 0 Å². The summed E-state index contributed by atoms with van der Waals surface area (Å²) in [7, 11) is 0. The lowest BCUT2D eigenvalue weighted by Gasteiger charge is -2.35. The number of halogens is 4. The molecule has 1 aromatic rings. The van der Waals surface area contributed by atoms with Gasteiger partial charge in [0.15, 0.2) is 0 Å². The Kier molecular flexibility index (Phi) is 8.35. The average molecular weight is 329 g/mol. The van der Waals surface area contributed by atoms with Gasteiger partial charge in [-0.3, -0.25) is 4.90 Å². The first-order chi connectivity index (χ1) is 8.59. The maximum absolute atomic E-state index is 13.3. The van der Waals surface area contributed by atoms with Crippen LogP contribution in [0.25, 0.3) is 0 Å². The van der Waals surface area contributed by atoms with Crippen molar-refractivity contribution in [1.82, 2.24) is 10.2 Å². The summed E-state index contributed by atoms with van der Waals surface area (Å²) >= 11 is 0. The van der Waals surface area contributed by atoms with Gasteiger partial charge in [-0.2, -0.15) is 0 Å². The molecular formula is C13H20Cl2F2N2O. The van der Waals surface area contributed by atoms with Crippen molar-refractivity contribution >= 4 is 24.8 Å². The number of piperazine rings is 1. The van der Waals surface area contributed by atoms with E-state index in [4.69, 9.17) is 0 Å². The molecule has 0 amide bonds. The predicted octanol–water partition coefficient (Wildman–Crippen LogP) is 2.76. The second-order valence-corrected chi connectivity index (χ2v) is 4.63. The first-order valence-corrected chi connectivity index (χ1v) is 6.12. The van der Waals surface area contributed by atoms with Crippen molar-refractivity contribution in [1.29, 1.82) is 0 Å². The van der Waals surface area contributed by atoms with Gasteiger partial charge < -0.3 is 10.4 Å². The SMILES string of the molecule is Cc1ccc(O)c([C@@H](C(F)F)N2CCNCC2)c1.Cl.Cl. The van der Waals surface area contributed by atoms with Gasteiger partial charge in [0.05, 0.1) is 6.04 Å². The lowest BCUT2D eigenvalue weighted by molar-refractivity contribution is 0.0170. The summed E-state index contributed by atoms with van der Waals surface area (Å²) in [6, 6.07) is 3.84. The van der Waals surface area contributed by atoms with Crippen molar-refractivity contribution in [3.63, 3.8) is 0 Å². The minimum absolute atomic E-state index is 0. The van der Waals surface area contributed by atoms with Gasteiger partial charge in [-0.15, -0.1) is 24.8 Å². The van der Waals surface area contributed by atoms with Gasteiger partial charge in [0.1, 0.15) is 5.75 Å². The summed E-state index contributed by atoms with van der Waals surface area (Å²) in [5, 5.41) is 12.9. The molecule has 3 nitrogen and oxygen atoms in total. The van der Waals surface area contributed by atoms with E-state index in [2.05, 4.69) is 5.32 Å². The van der Waals surface area contributed by atoms with Crippen molar-refractivity contribution in [2.24, 2.45) is 0 Å². The fourth-order valence-corrected chi connectivity index (χ4v) is 2.36. The lowest BCUT2D eigenvalue weighted by Crippen LogP contribution is -2.46. The van der Waals surface area contributed by atoms with Crippen LogP contribution in [0.4, 0.5) is 8.78 Å². The number of rotatable bonds is 3. The Morgan fingerprint density at radius 2 is 1.80 bits per heavy atom. The minimum Gasteiger partial charge on any atom is -0.508 e. The molecule has 0 aromatic heterocycles. The van der Waals surface area contributed by atoms with E-state index in [0.717, 1.165) is 5.56 Å². The maximum atomic E-state index is 13.3. The quantitative estimate of drug-likeness (QED) is 0.895. The summed E-state index contributed by atoms with van der Waals surface area (Å²) in [4.78, 5) is 1.73. The molecule has 1 aliphatic heterocycles. The highest BCUT2D eigenvalue weighted by atomic mass is 35.5. The molecule has 0 radical (unpaired) electrons. The Hall–Kier alpha value is -0.620. The zero-order valence-corrected chi connectivity index (χ0v) is 12.8. The van der Waals surface area contributed by atoms with Gasteiger partial charge in [-0.25, -0.2) is 8.78 Å². The van der Waals surface area contributed by atoms with E-state index in [0.29, 0.717) is 31.7 Å². The summed E-state index contributed by atoms with van der Waals surface area (Å²) in [6.07, 6.45) is -2.50. The Labute approximate surface area is 130 Å². The van der Waals surface area contributed by atoms with Crippen LogP contribution in [0.15, 0.2) is 18.2 Å². The van der Waals surface area contributed by atoms with Crippen LogP contribution in [0.2, 0.25) is 0 Å². The summed E-state index contributed by atoms with van der Waals surface area (Å²) in [5.41, 5.74) is 1.20. The number of nitrogens with zero attached hydrogens (tertiary/aromatic N) is 1. The molecule has 2 N–H and O–H groups in total. The third kappa shape index (κ3) is 4.45. The largest absolute Gasteiger partial charge is 0.508 e. The Morgan fingerprint density at radius 3 is 2.35 bits per heavy atom. The van der Waals surface area contributed by atoms with Crippen LogP contribution in [-0.4, -0.2) is 42.6 Å². The van der Waals surface area contributed by atoms with Crippen molar-refractivity contribution in [3.05, 3.63) is 29.3 Å². The number of benzene rings is 1. The topological polar surface area (TPSA) is 35.5 Å². The van der Waals surface area contributed by atoms with Crippen molar-refractivity contribution < 1.29 is 13.9 Å². The molecule has 0 saturated carbocycles. The summed E-state index contributed by atoms with van der Waals surface area (Å²) in [5.74, 6) is -0.0515. The van der Waals surface area contributed by atoms with Crippen LogP contribution in [0.3, 0.4) is 0 Å². The molecule has 20 heavy (non-hydrogen) atoms. The molecule has 1 fully saturated rings. The lowest BCUT2D eigenvalue weighted by atomic mass is 10.0. The molecule has 0 aliphatic carbocycles. The molecule has 1 atom stereocenters. The number of alkyl halides is 2. The molecule has 1 aromatic carbocycles. The van der Waals surface area contributed by atoms with Crippen LogP contribution < -0.4 is 5.32 Å². The van der Waals surface area contributed by atoms with Gasteiger partial charge in [0.25, 0.3) is 6.43 Å². The highest BCUT2D eigenvalue weighted by molar-refractivity contribution is 5.85. The second-order valence-electron chi connectivity index (χ2n) is 4.63. The van der Waals surface area contributed by atoms with Crippen molar-refractivity contribution in [2.75, 3.05) is 26.2 Å². The van der Waals surface area contributed by atoms with Crippen LogP contribution in [0.5, 0.6) is 5.75 Å². The fraction of sp³-hybridized carbons (Fsp3) is 0.538. The maximum Gasteiger partial charge on any atom is 0.258 e. The van der Waals surface area contributed by atoms with Gasteiger partial charge in [-0.1, -0.05) is 17.7 Å². The average Bonchev–Trinajstić information content (AvgIpc) is 2.35. The van der Waals surface area contributed by atoms with Crippen molar-refractivity contribution in [3.8, 4) is 5.75 Å². The van der Waals surface area contributed by atoms with Crippen LogP contribution in [0.1, 0.15) is 17.2 Å². The number of hydrogen-bond donors (Lipinski definition) is 2. The third-order valence-electron chi connectivity index (χ3n) is 3.29. The summed E-state index contributed by atoms with van der Waals surface area (Å²) in [6.45, 7) is 4.39. The summed E-state index contributed by atoms with van der Waals surface area (Å²) < 4.78 is 26.6. The molecular weight excluding hydrogens is 309 g/mol. The third-order valence-corrected chi connectivity index (χ3v) is 3.29. The monoisotopic (exact) mass is 328 g/mol. The number of phenols is 1. The Morgan fingerprint density at radius 1 is 1.20 bits per heavy atom. The molecule has 1 aliphatic rings. The van der Waals surface area contributed by atoms with Gasteiger partial charge >= 0.3 is 0 Å². The van der Waals surface area contributed by atoms with Crippen LogP contribution >= 0.6 is 24.8 Å². The number of aryl methyl sites for hydroxylation is 1. The molecule has 1 saturated heterocycles. The normalized spacial score (nSPS) is 17.2. The molecule has 1 heterocycles. The highest BCUT2D eigenvalue weighted by Crippen LogP contribution is 2.34.